The molecule has 1 aromatic rings. The largest absolute Gasteiger partial charge is 0.373 e. The van der Waals surface area contributed by atoms with Gasteiger partial charge in [0.1, 0.15) is 0 Å². The maximum Gasteiger partial charge on any atom is 0.240 e. The average Bonchev–Trinajstić information content (AvgIpc) is 2.45. The van der Waals surface area contributed by atoms with Crippen LogP contribution in [0.25, 0.3) is 0 Å². The van der Waals surface area contributed by atoms with E-state index in [0.29, 0.717) is 6.54 Å². The van der Waals surface area contributed by atoms with Crippen LogP contribution < -0.4 is 4.72 Å². The molecule has 2 atom stereocenters. The molecular weight excluding hydrogens is 352 g/mol. The Hall–Kier alpha value is -1.00. The van der Waals surface area contributed by atoms with Crippen molar-refractivity contribution in [3.63, 3.8) is 0 Å². The molecule has 1 N–H and O–H groups in total. The van der Waals surface area contributed by atoms with Crippen LogP contribution in [0.4, 0.5) is 0 Å². The minimum absolute atomic E-state index is 0.0543. The Morgan fingerprint density at radius 3 is 2.04 bits per heavy atom. The monoisotopic (exact) mass is 376 g/mol. The molecule has 0 saturated carbocycles. The van der Waals surface area contributed by atoms with E-state index in [1.165, 1.54) is 24.3 Å². The van der Waals surface area contributed by atoms with E-state index >= 15 is 0 Å². The van der Waals surface area contributed by atoms with Gasteiger partial charge in [-0.15, -0.1) is 0 Å². The first kappa shape index (κ1) is 19.3. The van der Waals surface area contributed by atoms with E-state index in [2.05, 4.69) is 9.62 Å². The lowest BCUT2D eigenvalue weighted by Gasteiger charge is -2.35. The van der Waals surface area contributed by atoms with Gasteiger partial charge in [0.15, 0.2) is 9.84 Å². The number of nitrogens with one attached hydrogen (secondary N) is 1. The van der Waals surface area contributed by atoms with Gasteiger partial charge in [0, 0.05) is 32.4 Å². The number of hydrogen-bond donors (Lipinski definition) is 1. The SMILES string of the molecule is CC1CN(CCNS(=O)(=O)c2ccc(S(C)(=O)=O)cc2)CC(C)O1. The highest BCUT2D eigenvalue weighted by molar-refractivity contribution is 7.90. The lowest BCUT2D eigenvalue weighted by atomic mass is 10.2. The van der Waals surface area contributed by atoms with Gasteiger partial charge in [0.2, 0.25) is 10.0 Å². The van der Waals surface area contributed by atoms with Crippen LogP contribution in [0.5, 0.6) is 0 Å². The molecule has 0 bridgehead atoms. The second kappa shape index (κ2) is 7.49. The van der Waals surface area contributed by atoms with Crippen molar-refractivity contribution < 1.29 is 21.6 Å². The van der Waals surface area contributed by atoms with E-state index in [1.807, 2.05) is 13.8 Å². The summed E-state index contributed by atoms with van der Waals surface area (Å²) in [6, 6.07) is 5.21. The number of hydrogen-bond acceptors (Lipinski definition) is 6. The second-order valence-corrected chi connectivity index (χ2v) is 9.94. The maximum atomic E-state index is 12.3. The van der Waals surface area contributed by atoms with E-state index in [9.17, 15) is 16.8 Å². The smallest absolute Gasteiger partial charge is 0.240 e. The Morgan fingerprint density at radius 1 is 1.04 bits per heavy atom. The van der Waals surface area contributed by atoms with Gasteiger partial charge in [-0.2, -0.15) is 0 Å². The molecule has 7 nitrogen and oxygen atoms in total. The van der Waals surface area contributed by atoms with Gasteiger partial charge in [0.05, 0.1) is 22.0 Å². The third-order valence-corrected chi connectivity index (χ3v) is 6.38. The number of morpholine rings is 1. The molecular formula is C15H24N2O5S2. The first-order valence-corrected chi connectivity index (χ1v) is 11.1. The second-order valence-electron chi connectivity index (χ2n) is 6.16. The molecule has 0 amide bonds. The Balaban J connectivity index is 1.94. The molecule has 2 unspecified atom stereocenters. The van der Waals surface area contributed by atoms with Crippen molar-refractivity contribution in [2.45, 2.75) is 35.8 Å². The maximum absolute atomic E-state index is 12.3. The first-order valence-electron chi connectivity index (χ1n) is 7.75. The lowest BCUT2D eigenvalue weighted by Crippen LogP contribution is -2.47. The molecule has 1 fully saturated rings. The van der Waals surface area contributed by atoms with E-state index < -0.39 is 19.9 Å². The van der Waals surface area contributed by atoms with Crippen LogP contribution in [0, 0.1) is 0 Å². The van der Waals surface area contributed by atoms with E-state index in [0.717, 1.165) is 19.3 Å². The number of ether oxygens (including phenoxy) is 1. The van der Waals surface area contributed by atoms with E-state index in [-0.39, 0.29) is 28.5 Å². The molecule has 0 aliphatic carbocycles. The van der Waals surface area contributed by atoms with E-state index in [1.54, 1.807) is 0 Å². The van der Waals surface area contributed by atoms with Crippen LogP contribution in [0.15, 0.2) is 34.1 Å². The highest BCUT2D eigenvalue weighted by Crippen LogP contribution is 2.14. The Labute approximate surface area is 144 Å². The fraction of sp³-hybridized carbons (Fsp3) is 0.600. The normalized spacial score (nSPS) is 23.3. The Morgan fingerprint density at radius 2 is 1.54 bits per heavy atom. The first-order chi connectivity index (χ1) is 11.1. The van der Waals surface area contributed by atoms with Crippen molar-refractivity contribution in [1.82, 2.24) is 9.62 Å². The molecule has 1 heterocycles. The van der Waals surface area contributed by atoms with Crippen LogP contribution in [0.2, 0.25) is 0 Å². The average molecular weight is 377 g/mol. The standard InChI is InChI=1S/C15H24N2O5S2/c1-12-10-17(11-13(2)22-12)9-8-16-24(20,21)15-6-4-14(5-7-15)23(3,18)19/h4-7,12-13,16H,8-11H2,1-3H3. The zero-order valence-electron chi connectivity index (χ0n) is 14.1. The highest BCUT2D eigenvalue weighted by Gasteiger charge is 2.22. The van der Waals surface area contributed by atoms with Gasteiger partial charge in [-0.3, -0.25) is 4.90 Å². The summed E-state index contributed by atoms with van der Waals surface area (Å²) in [6.07, 6.45) is 1.35. The molecule has 136 valence electrons. The molecule has 0 aromatic heterocycles. The van der Waals surface area contributed by atoms with Crippen LogP contribution in [0.3, 0.4) is 0 Å². The summed E-state index contributed by atoms with van der Waals surface area (Å²) >= 11 is 0. The van der Waals surface area contributed by atoms with Gasteiger partial charge >= 0.3 is 0 Å². The van der Waals surface area contributed by atoms with Crippen LogP contribution in [-0.2, 0) is 24.6 Å². The molecule has 9 heteroatoms. The van der Waals surface area contributed by atoms with Crippen molar-refractivity contribution in [2.24, 2.45) is 0 Å². The number of rotatable bonds is 6. The summed E-state index contributed by atoms with van der Waals surface area (Å²) < 4.78 is 55.5. The summed E-state index contributed by atoms with van der Waals surface area (Å²) in [5.74, 6) is 0. The Kier molecular flexibility index (Phi) is 6.03. The zero-order chi connectivity index (χ0) is 18.0. The summed E-state index contributed by atoms with van der Waals surface area (Å²) in [6.45, 7) is 6.42. The number of benzene rings is 1. The lowest BCUT2D eigenvalue weighted by molar-refractivity contribution is -0.0671. The van der Waals surface area contributed by atoms with Gasteiger partial charge in [-0.05, 0) is 38.1 Å². The van der Waals surface area contributed by atoms with Crippen molar-refractivity contribution in [3.8, 4) is 0 Å². The molecule has 24 heavy (non-hydrogen) atoms. The summed E-state index contributed by atoms with van der Waals surface area (Å²) in [5, 5.41) is 0. The molecule has 1 saturated heterocycles. The third kappa shape index (κ3) is 5.25. The predicted molar refractivity (Wildman–Crippen MR) is 91.2 cm³/mol. The highest BCUT2D eigenvalue weighted by atomic mass is 32.2. The van der Waals surface area contributed by atoms with Crippen molar-refractivity contribution in [3.05, 3.63) is 24.3 Å². The Bertz CT molecular complexity index is 750. The summed E-state index contributed by atoms with van der Waals surface area (Å²) in [7, 11) is -6.99. The van der Waals surface area contributed by atoms with Crippen molar-refractivity contribution in [1.29, 1.82) is 0 Å². The minimum Gasteiger partial charge on any atom is -0.373 e. The fourth-order valence-corrected chi connectivity index (χ4v) is 4.41. The fourth-order valence-electron chi connectivity index (χ4n) is 2.75. The van der Waals surface area contributed by atoms with Crippen molar-refractivity contribution >= 4 is 19.9 Å². The van der Waals surface area contributed by atoms with E-state index in [4.69, 9.17) is 4.74 Å². The van der Waals surface area contributed by atoms with Crippen LogP contribution >= 0.6 is 0 Å². The molecule has 0 spiro atoms. The van der Waals surface area contributed by atoms with Crippen LogP contribution in [-0.4, -0.2) is 66.4 Å². The number of sulfone groups is 1. The van der Waals surface area contributed by atoms with Gasteiger partial charge < -0.3 is 4.74 Å². The summed E-state index contributed by atoms with van der Waals surface area (Å²) in [5.41, 5.74) is 0. The number of nitrogens with zero attached hydrogens (tertiary/aromatic N) is 1. The quantitative estimate of drug-likeness (QED) is 0.776. The van der Waals surface area contributed by atoms with Crippen LogP contribution in [0.1, 0.15) is 13.8 Å². The molecule has 1 aliphatic heterocycles. The molecule has 1 aromatic carbocycles. The van der Waals surface area contributed by atoms with Gasteiger partial charge in [-0.1, -0.05) is 0 Å². The third-order valence-electron chi connectivity index (χ3n) is 3.78. The molecule has 2 rings (SSSR count). The molecule has 1 aliphatic rings. The van der Waals surface area contributed by atoms with Crippen molar-refractivity contribution in [2.75, 3.05) is 32.4 Å². The van der Waals surface area contributed by atoms with Gasteiger partial charge in [-0.25, -0.2) is 21.6 Å². The number of sulfonamides is 1. The molecule has 0 radical (unpaired) electrons. The zero-order valence-corrected chi connectivity index (χ0v) is 15.7. The summed E-state index contributed by atoms with van der Waals surface area (Å²) in [4.78, 5) is 2.31. The predicted octanol–water partition coefficient (Wildman–Crippen LogP) is 0.478. The van der Waals surface area contributed by atoms with Gasteiger partial charge in [0.25, 0.3) is 0 Å². The topological polar surface area (TPSA) is 92.8 Å². The minimum atomic E-state index is -3.65.